The van der Waals surface area contributed by atoms with Gasteiger partial charge < -0.3 is 23.6 Å². The molecule has 0 radical (unpaired) electrons. The number of halogens is 1. The van der Waals surface area contributed by atoms with Crippen molar-refractivity contribution in [2.75, 3.05) is 25.0 Å². The Labute approximate surface area is 337 Å². The summed E-state index contributed by atoms with van der Waals surface area (Å²) in [5.74, 6) is 3.99. The fraction of sp³-hybridized carbons (Fsp3) is 0.737. The van der Waals surface area contributed by atoms with Crippen molar-refractivity contribution in [3.63, 3.8) is 0 Å². The largest absolute Gasteiger partial charge is 0.457 e. The summed E-state index contributed by atoms with van der Waals surface area (Å²) in [6, 6.07) is 0.744. The average Bonchev–Trinajstić information content (AvgIpc) is 3.85. The van der Waals surface area contributed by atoms with Crippen LogP contribution in [-0.2, 0) is 47.0 Å². The zero-order valence-electron chi connectivity index (χ0n) is 32.0. The summed E-state index contributed by atoms with van der Waals surface area (Å²) in [6.45, 7) is 14.9. The number of ketones is 1. The first-order valence-corrected chi connectivity index (χ1v) is 20.5. The Morgan fingerprint density at radius 1 is 1.04 bits per heavy atom. The average molecular weight is 907 g/mol. The number of hydrogen-bond donors (Lipinski definition) is 0. The number of likely N-dealkylation sites (tertiary alicyclic amines) is 1. The number of rotatable bonds is 7. The number of piperidine rings is 1. The van der Waals surface area contributed by atoms with Gasteiger partial charge >= 0.3 is 7.12 Å². The van der Waals surface area contributed by atoms with E-state index in [4.69, 9.17) is 34.1 Å². The monoisotopic (exact) mass is 908 g/mol. The van der Waals surface area contributed by atoms with E-state index in [1.807, 2.05) is 0 Å². The van der Waals surface area contributed by atoms with E-state index in [0.717, 1.165) is 115 Å². The van der Waals surface area contributed by atoms with Crippen LogP contribution in [-0.4, -0.2) is 86.1 Å². The van der Waals surface area contributed by atoms with Gasteiger partial charge in [-0.3, -0.25) is 10.7 Å². The Kier molecular flexibility index (Phi) is 10.9. The van der Waals surface area contributed by atoms with E-state index >= 15 is 0 Å². The second-order valence-electron chi connectivity index (χ2n) is 17.2. The Bertz CT molecular complexity index is 1800. The summed E-state index contributed by atoms with van der Waals surface area (Å²) in [6.07, 6.45) is 12.2. The van der Waals surface area contributed by atoms with Gasteiger partial charge in [-0.1, -0.05) is 18.0 Å². The minimum Gasteiger partial charge on any atom is -0.403 e. The number of carbonyl (C=O) groups is 1. The topological polar surface area (TPSA) is 112 Å². The fourth-order valence-electron chi connectivity index (χ4n) is 9.68. The molecule has 0 unspecified atom stereocenters. The van der Waals surface area contributed by atoms with E-state index in [1.54, 1.807) is 0 Å². The van der Waals surface area contributed by atoms with Crippen LogP contribution in [0.1, 0.15) is 130 Å². The van der Waals surface area contributed by atoms with Gasteiger partial charge in [0.1, 0.15) is 15.3 Å². The predicted molar refractivity (Wildman–Crippen MR) is 207 cm³/mol. The van der Waals surface area contributed by atoms with E-state index < -0.39 is 5.41 Å². The zero-order chi connectivity index (χ0) is 35.9. The van der Waals surface area contributed by atoms with E-state index in [1.165, 1.54) is 12.3 Å². The Hall–Kier alpha value is -1.41. The van der Waals surface area contributed by atoms with Gasteiger partial charge in [0.15, 0.2) is 22.9 Å². The molecule has 5 aliphatic rings. The Morgan fingerprint density at radius 3 is 2.50 bits per heavy atom. The van der Waals surface area contributed by atoms with Gasteiger partial charge in [-0.05, 0) is 128 Å². The molecule has 1 saturated carbocycles. The molecule has 8 rings (SSSR count). The van der Waals surface area contributed by atoms with E-state index in [2.05, 4.69) is 85.7 Å². The van der Waals surface area contributed by atoms with E-state index in [0.29, 0.717) is 29.8 Å². The van der Waals surface area contributed by atoms with Crippen LogP contribution in [0.25, 0.3) is 22.6 Å². The van der Waals surface area contributed by atoms with Crippen LogP contribution in [0.5, 0.6) is 0 Å². The van der Waals surface area contributed by atoms with Gasteiger partial charge in [0.2, 0.25) is 0 Å². The summed E-state index contributed by atoms with van der Waals surface area (Å²) >= 11 is 2.39. The molecule has 4 atom stereocenters. The van der Waals surface area contributed by atoms with Gasteiger partial charge in [-0.25, -0.2) is 14.6 Å². The van der Waals surface area contributed by atoms with Crippen molar-refractivity contribution < 1.29 is 39.7 Å². The van der Waals surface area contributed by atoms with E-state index in [9.17, 15) is 4.79 Å². The molecule has 11 nitrogen and oxygen atoms in total. The standard InChI is InChI=1S/C38H54BIN7O4.Mo/c1-23-15-16-25(17-20-39-50-36(3,4)37(5,6)51-39)46(22-23)34-29-32(40)43-47(24(2)27-13-11-21-45(27)7)35(29)42-33(41-34)30-26-12-10-19-38(31(26)49-44-30)18-9-8-14-28(38)48;/h24-25,27H,8-22H2,1-7H3;/q-1;/t24-,25+,27-,38+;/m0./s1. The maximum atomic E-state index is 13.5. The molecule has 6 heterocycles. The Balaban J connectivity index is 0.00000420. The van der Waals surface area contributed by atoms with Crippen LogP contribution in [0.2, 0.25) is 6.32 Å². The van der Waals surface area contributed by atoms with Gasteiger partial charge in [0.25, 0.3) is 0 Å². The molecule has 0 amide bonds. The third-order valence-corrected chi connectivity index (χ3v) is 14.1. The van der Waals surface area contributed by atoms with Crippen molar-refractivity contribution >= 4 is 52.3 Å². The number of hydrogen-bond acceptors (Lipinski definition) is 10. The van der Waals surface area contributed by atoms with Gasteiger partial charge in [-0.2, -0.15) is 18.4 Å². The number of anilines is 1. The molecule has 2 aliphatic carbocycles. The van der Waals surface area contributed by atoms with Crippen LogP contribution in [0.3, 0.4) is 0 Å². The van der Waals surface area contributed by atoms with Crippen molar-refractivity contribution in [1.82, 2.24) is 29.8 Å². The van der Waals surface area contributed by atoms with Crippen LogP contribution >= 0.6 is 22.6 Å². The summed E-state index contributed by atoms with van der Waals surface area (Å²) in [5.41, 5.74) is 1.29. The fourth-order valence-corrected chi connectivity index (χ4v) is 10.4. The molecule has 14 heteroatoms. The number of likely N-dealkylation sites (N-methyl/N-ethyl adjacent to an activating group) is 1. The molecule has 0 N–H and O–H groups in total. The number of nitrogens with zero attached hydrogens (tertiary/aromatic N) is 7. The van der Waals surface area contributed by atoms with Crippen molar-refractivity contribution in [3.05, 3.63) is 20.9 Å². The van der Waals surface area contributed by atoms with Crippen LogP contribution in [0.15, 0.2) is 4.52 Å². The van der Waals surface area contributed by atoms with Crippen LogP contribution in [0.4, 0.5) is 5.82 Å². The first-order valence-electron chi connectivity index (χ1n) is 19.4. The first-order chi connectivity index (χ1) is 24.3. The number of Topliss-reactive ketones (excluding diaryl/α,β-unsaturated/α-hetero) is 1. The zero-order valence-corrected chi connectivity index (χ0v) is 36.1. The molecular weight excluding hydrogens is 852 g/mol. The van der Waals surface area contributed by atoms with Gasteiger partial charge in [0, 0.05) is 45.1 Å². The molecule has 3 aromatic rings. The molecule has 282 valence electrons. The number of aromatic nitrogens is 5. The smallest absolute Gasteiger partial charge is 0.403 e. The predicted octanol–water partition coefficient (Wildman–Crippen LogP) is 7.50. The SMILES string of the molecule is C[C-]1CC[C@H](CCB2OC(C)(C)C(C)(C)O2)N(c2nc(-c3noc4c3CCC[C@@]43CCCCC3=O)nc3c2c(I)nn3[C@@H](C)[C@@H]2CCCN2C)C1.[Mo]. The van der Waals surface area contributed by atoms with Crippen LogP contribution in [0, 0.1) is 9.62 Å². The molecular formula is C38H54BIMoN7O4-. The minimum absolute atomic E-state index is 0. The summed E-state index contributed by atoms with van der Waals surface area (Å²) in [5, 5.41) is 10.9. The van der Waals surface area contributed by atoms with Gasteiger partial charge in [0.05, 0.1) is 28.0 Å². The summed E-state index contributed by atoms with van der Waals surface area (Å²) < 4.78 is 22.2. The molecule has 0 aromatic carbocycles. The number of fused-ring (bicyclic) bond motifs is 3. The molecule has 0 bridgehead atoms. The third-order valence-electron chi connectivity index (χ3n) is 13.4. The van der Waals surface area contributed by atoms with Crippen molar-refractivity contribution in [3.8, 4) is 11.5 Å². The second-order valence-corrected chi connectivity index (χ2v) is 18.2. The molecule has 3 aromatic heterocycles. The molecule has 3 saturated heterocycles. The molecule has 1 spiro atoms. The maximum absolute atomic E-state index is 13.5. The quantitative estimate of drug-likeness (QED) is 0.134. The van der Waals surface area contributed by atoms with Crippen molar-refractivity contribution in [1.29, 1.82) is 0 Å². The second kappa shape index (κ2) is 14.6. The van der Waals surface area contributed by atoms with Crippen LogP contribution < -0.4 is 4.90 Å². The van der Waals surface area contributed by atoms with Gasteiger partial charge in [-0.15, -0.1) is 6.54 Å². The summed E-state index contributed by atoms with van der Waals surface area (Å²) in [7, 11) is 1.98. The van der Waals surface area contributed by atoms with Crippen molar-refractivity contribution in [2.24, 2.45) is 0 Å². The minimum atomic E-state index is -0.555. The Morgan fingerprint density at radius 2 is 1.79 bits per heavy atom. The van der Waals surface area contributed by atoms with Crippen molar-refractivity contribution in [2.45, 2.75) is 160 Å². The third kappa shape index (κ3) is 6.55. The molecule has 3 aliphatic heterocycles. The first kappa shape index (κ1) is 38.9. The molecule has 52 heavy (non-hydrogen) atoms. The normalized spacial score (nSPS) is 28.5. The van der Waals surface area contributed by atoms with E-state index in [-0.39, 0.29) is 51.5 Å². The summed E-state index contributed by atoms with van der Waals surface area (Å²) in [4.78, 5) is 29.3. The molecule has 4 fully saturated rings. The number of carbonyl (C=O) groups excluding carboxylic acids is 1. The maximum Gasteiger partial charge on any atom is 0.457 e.